The molecule has 4 rings (SSSR count). The van der Waals surface area contributed by atoms with Crippen LogP contribution in [-0.4, -0.2) is 34.7 Å². The second kappa shape index (κ2) is 11.1. The predicted molar refractivity (Wildman–Crippen MR) is 136 cm³/mol. The highest BCUT2D eigenvalue weighted by Gasteiger charge is 2.18. The van der Waals surface area contributed by atoms with Crippen LogP contribution in [0.2, 0.25) is 5.02 Å². The van der Waals surface area contributed by atoms with E-state index in [9.17, 15) is 19.7 Å². The summed E-state index contributed by atoms with van der Waals surface area (Å²) in [7, 11) is 0. The molecule has 0 aromatic heterocycles. The first-order valence-corrected chi connectivity index (χ1v) is 11.8. The van der Waals surface area contributed by atoms with Crippen molar-refractivity contribution in [2.75, 3.05) is 23.7 Å². The molecule has 3 aromatic rings. The SMILES string of the molecule is O=C(Nc1ccccc1C(=O)Nc1cccc(CN2CCCCC2)c1)c1ccc([N+](=O)[O-])cc1Cl. The lowest BCUT2D eigenvalue weighted by Crippen LogP contribution is -2.29. The van der Waals surface area contributed by atoms with Crippen LogP contribution in [0.3, 0.4) is 0 Å². The number of benzene rings is 3. The van der Waals surface area contributed by atoms with Crippen molar-refractivity contribution in [3.63, 3.8) is 0 Å². The second-order valence-corrected chi connectivity index (χ2v) is 8.82. The molecule has 2 N–H and O–H groups in total. The summed E-state index contributed by atoms with van der Waals surface area (Å²) in [6.45, 7) is 3.01. The van der Waals surface area contributed by atoms with Crippen molar-refractivity contribution in [3.8, 4) is 0 Å². The largest absolute Gasteiger partial charge is 0.322 e. The molecule has 0 spiro atoms. The Labute approximate surface area is 208 Å². The number of rotatable bonds is 7. The van der Waals surface area contributed by atoms with Crippen molar-refractivity contribution in [3.05, 3.63) is 98.6 Å². The third kappa shape index (κ3) is 6.23. The van der Waals surface area contributed by atoms with Crippen molar-refractivity contribution in [1.82, 2.24) is 4.90 Å². The van der Waals surface area contributed by atoms with Crippen molar-refractivity contribution in [2.24, 2.45) is 0 Å². The number of para-hydroxylation sites is 1. The van der Waals surface area contributed by atoms with Crippen LogP contribution in [0, 0.1) is 10.1 Å². The standard InChI is InChI=1S/C26H25ClN4O4/c27-23-16-20(31(34)35)11-12-21(23)25(32)29-24-10-3-2-9-22(24)26(33)28-19-8-6-7-18(15-19)17-30-13-4-1-5-14-30/h2-3,6-12,15-16H,1,4-5,13-14,17H2,(H,28,33)(H,29,32). The molecule has 8 nitrogen and oxygen atoms in total. The first kappa shape index (κ1) is 24.4. The predicted octanol–water partition coefficient (Wildman–Crippen LogP) is 5.74. The van der Waals surface area contributed by atoms with E-state index < -0.39 is 10.8 Å². The summed E-state index contributed by atoms with van der Waals surface area (Å²) in [6, 6.07) is 18.0. The lowest BCUT2D eigenvalue weighted by atomic mass is 10.1. The summed E-state index contributed by atoms with van der Waals surface area (Å²) in [5.41, 5.74) is 2.23. The molecule has 0 unspecified atom stereocenters. The van der Waals surface area contributed by atoms with Crippen molar-refractivity contribution >= 4 is 40.5 Å². The number of anilines is 2. The molecular weight excluding hydrogens is 468 g/mol. The van der Waals surface area contributed by atoms with Crippen LogP contribution in [0.15, 0.2) is 66.7 Å². The number of likely N-dealkylation sites (tertiary alicyclic amines) is 1. The maximum Gasteiger partial charge on any atom is 0.270 e. The number of nitrogens with zero attached hydrogens (tertiary/aromatic N) is 2. The summed E-state index contributed by atoms with van der Waals surface area (Å²) >= 11 is 6.08. The summed E-state index contributed by atoms with van der Waals surface area (Å²) in [5, 5.41) is 16.5. The van der Waals surface area contributed by atoms with Gasteiger partial charge in [-0.15, -0.1) is 0 Å². The maximum absolute atomic E-state index is 13.1. The molecular formula is C26H25ClN4O4. The Hall–Kier alpha value is -3.75. The van der Waals surface area contributed by atoms with Crippen molar-refractivity contribution in [1.29, 1.82) is 0 Å². The van der Waals surface area contributed by atoms with E-state index in [1.165, 1.54) is 31.4 Å². The van der Waals surface area contributed by atoms with Gasteiger partial charge < -0.3 is 10.6 Å². The van der Waals surface area contributed by atoms with Crippen LogP contribution in [0.25, 0.3) is 0 Å². The second-order valence-electron chi connectivity index (χ2n) is 8.41. The third-order valence-corrected chi connectivity index (χ3v) is 6.18. The number of hydrogen-bond donors (Lipinski definition) is 2. The molecule has 1 saturated heterocycles. The van der Waals surface area contributed by atoms with E-state index >= 15 is 0 Å². The Balaban J connectivity index is 1.47. The molecule has 3 aromatic carbocycles. The Morgan fingerprint density at radius 1 is 0.886 bits per heavy atom. The minimum atomic E-state index is -0.589. The molecule has 180 valence electrons. The number of nitrogens with one attached hydrogen (secondary N) is 2. The van der Waals surface area contributed by atoms with Crippen LogP contribution >= 0.6 is 11.6 Å². The number of hydrogen-bond acceptors (Lipinski definition) is 5. The van der Waals surface area contributed by atoms with Crippen LogP contribution in [-0.2, 0) is 6.54 Å². The van der Waals surface area contributed by atoms with Crippen LogP contribution < -0.4 is 10.6 Å². The Morgan fingerprint density at radius 2 is 1.63 bits per heavy atom. The lowest BCUT2D eigenvalue weighted by Gasteiger charge is -2.26. The zero-order valence-corrected chi connectivity index (χ0v) is 19.8. The molecule has 0 atom stereocenters. The quantitative estimate of drug-likeness (QED) is 0.323. The molecule has 1 fully saturated rings. The minimum absolute atomic E-state index is 0.0517. The van der Waals surface area contributed by atoms with Gasteiger partial charge in [0.1, 0.15) is 0 Å². The smallest absolute Gasteiger partial charge is 0.270 e. The van der Waals surface area contributed by atoms with E-state index in [0.29, 0.717) is 11.4 Å². The van der Waals surface area contributed by atoms with E-state index in [2.05, 4.69) is 15.5 Å². The summed E-state index contributed by atoms with van der Waals surface area (Å²) in [6.07, 6.45) is 3.70. The highest BCUT2D eigenvalue weighted by Crippen LogP contribution is 2.25. The van der Waals surface area contributed by atoms with E-state index in [0.717, 1.165) is 31.3 Å². The minimum Gasteiger partial charge on any atom is -0.322 e. The Bertz CT molecular complexity index is 1260. The zero-order chi connectivity index (χ0) is 24.8. The van der Waals surface area contributed by atoms with Gasteiger partial charge >= 0.3 is 0 Å². The monoisotopic (exact) mass is 492 g/mol. The fraction of sp³-hybridized carbons (Fsp3) is 0.231. The lowest BCUT2D eigenvalue weighted by molar-refractivity contribution is -0.384. The van der Waals surface area contributed by atoms with Gasteiger partial charge in [-0.1, -0.05) is 42.3 Å². The average molecular weight is 493 g/mol. The van der Waals surface area contributed by atoms with E-state index in [1.807, 2.05) is 24.3 Å². The van der Waals surface area contributed by atoms with E-state index in [4.69, 9.17) is 11.6 Å². The molecule has 1 aliphatic heterocycles. The number of piperidine rings is 1. The van der Waals surface area contributed by atoms with Gasteiger partial charge in [-0.3, -0.25) is 24.6 Å². The fourth-order valence-corrected chi connectivity index (χ4v) is 4.36. The number of nitro groups is 1. The molecule has 1 heterocycles. The van der Waals surface area contributed by atoms with Crippen LogP contribution in [0.4, 0.5) is 17.1 Å². The first-order valence-electron chi connectivity index (χ1n) is 11.4. The van der Waals surface area contributed by atoms with Gasteiger partial charge in [0.25, 0.3) is 17.5 Å². The fourth-order valence-electron chi connectivity index (χ4n) is 4.10. The van der Waals surface area contributed by atoms with Crippen molar-refractivity contribution < 1.29 is 14.5 Å². The van der Waals surface area contributed by atoms with E-state index in [-0.39, 0.29) is 27.7 Å². The summed E-state index contributed by atoms with van der Waals surface area (Å²) in [4.78, 5) is 38.6. The van der Waals surface area contributed by atoms with Crippen molar-refractivity contribution in [2.45, 2.75) is 25.8 Å². The first-order chi connectivity index (χ1) is 16.9. The molecule has 35 heavy (non-hydrogen) atoms. The van der Waals surface area contributed by atoms with Gasteiger partial charge in [0.2, 0.25) is 0 Å². The highest BCUT2D eigenvalue weighted by atomic mass is 35.5. The van der Waals surface area contributed by atoms with Crippen LogP contribution in [0.1, 0.15) is 45.5 Å². The molecule has 0 bridgehead atoms. The number of non-ortho nitro benzene ring substituents is 1. The molecule has 1 aliphatic rings. The van der Waals surface area contributed by atoms with Gasteiger partial charge in [-0.25, -0.2) is 0 Å². The van der Waals surface area contributed by atoms with Gasteiger partial charge in [0, 0.05) is 24.4 Å². The Kier molecular flexibility index (Phi) is 7.74. The van der Waals surface area contributed by atoms with Gasteiger partial charge in [0.05, 0.1) is 26.8 Å². The van der Waals surface area contributed by atoms with E-state index in [1.54, 1.807) is 24.3 Å². The molecule has 0 radical (unpaired) electrons. The van der Waals surface area contributed by atoms with Gasteiger partial charge in [0.15, 0.2) is 0 Å². The number of halogens is 1. The Morgan fingerprint density at radius 3 is 2.37 bits per heavy atom. The molecule has 2 amide bonds. The van der Waals surface area contributed by atoms with Gasteiger partial charge in [-0.05, 0) is 61.8 Å². The average Bonchev–Trinajstić information content (AvgIpc) is 2.85. The summed E-state index contributed by atoms with van der Waals surface area (Å²) < 4.78 is 0. The number of carbonyl (C=O) groups is 2. The topological polar surface area (TPSA) is 105 Å². The molecule has 0 saturated carbocycles. The number of nitro benzene ring substituents is 1. The molecule has 0 aliphatic carbocycles. The number of carbonyl (C=O) groups excluding carboxylic acids is 2. The highest BCUT2D eigenvalue weighted by molar-refractivity contribution is 6.34. The van der Waals surface area contributed by atoms with Gasteiger partial charge in [-0.2, -0.15) is 0 Å². The normalized spacial score (nSPS) is 13.7. The summed E-state index contributed by atoms with van der Waals surface area (Å²) in [5.74, 6) is -0.945. The van der Waals surface area contributed by atoms with Crippen LogP contribution in [0.5, 0.6) is 0 Å². The molecule has 9 heteroatoms. The number of amides is 2. The maximum atomic E-state index is 13.1. The third-order valence-electron chi connectivity index (χ3n) is 5.87. The zero-order valence-electron chi connectivity index (χ0n) is 19.0.